The Morgan fingerprint density at radius 1 is 1.47 bits per heavy atom. The molecule has 1 N–H and O–H groups in total. The predicted octanol–water partition coefficient (Wildman–Crippen LogP) is 1.89. The molecule has 19 heavy (non-hydrogen) atoms. The molecule has 2 heterocycles. The van der Waals surface area contributed by atoms with Crippen LogP contribution in [0.2, 0.25) is 0 Å². The first-order valence-electron chi connectivity index (χ1n) is 6.33. The zero-order valence-corrected chi connectivity index (χ0v) is 11.6. The van der Waals surface area contributed by atoms with Crippen LogP contribution in [-0.4, -0.2) is 33.9 Å². The third-order valence-corrected chi connectivity index (χ3v) is 2.88. The summed E-state index contributed by atoms with van der Waals surface area (Å²) in [5.74, 6) is -0.365. The minimum atomic E-state index is -0.365. The normalized spacial score (nSPS) is 10.7. The van der Waals surface area contributed by atoms with Gasteiger partial charge in [0, 0.05) is 19.8 Å². The van der Waals surface area contributed by atoms with E-state index in [4.69, 9.17) is 4.74 Å². The van der Waals surface area contributed by atoms with Gasteiger partial charge in [-0.15, -0.1) is 0 Å². The van der Waals surface area contributed by atoms with E-state index in [2.05, 4.69) is 15.4 Å². The van der Waals surface area contributed by atoms with Gasteiger partial charge in [-0.2, -0.15) is 5.10 Å². The Kier molecular flexibility index (Phi) is 3.69. The first-order chi connectivity index (χ1) is 9.10. The maximum absolute atomic E-state index is 12.0. The number of rotatable bonds is 4. The minimum absolute atomic E-state index is 0.342. The van der Waals surface area contributed by atoms with Crippen molar-refractivity contribution in [2.24, 2.45) is 7.05 Å². The number of hydrogen-bond acceptors (Lipinski definition) is 5. The lowest BCUT2D eigenvalue weighted by atomic mass is 10.1. The number of nitrogens with one attached hydrogen (secondary N) is 1. The van der Waals surface area contributed by atoms with Crippen LogP contribution in [0, 0.1) is 6.92 Å². The van der Waals surface area contributed by atoms with Gasteiger partial charge in [-0.3, -0.25) is 4.68 Å². The zero-order chi connectivity index (χ0) is 14.0. The fraction of sp³-hybridized carbons (Fsp3) is 0.462. The van der Waals surface area contributed by atoms with Crippen molar-refractivity contribution in [3.05, 3.63) is 17.5 Å². The number of carbonyl (C=O) groups excluding carboxylic acids is 1. The second-order valence-corrected chi connectivity index (χ2v) is 4.21. The predicted molar refractivity (Wildman–Crippen MR) is 73.4 cm³/mol. The van der Waals surface area contributed by atoms with Crippen LogP contribution in [0.15, 0.2) is 6.20 Å². The van der Waals surface area contributed by atoms with Gasteiger partial charge in [0.2, 0.25) is 0 Å². The maximum atomic E-state index is 12.0. The monoisotopic (exact) mass is 262 g/mol. The zero-order valence-electron chi connectivity index (χ0n) is 11.6. The van der Waals surface area contributed by atoms with E-state index >= 15 is 0 Å². The Morgan fingerprint density at radius 3 is 2.84 bits per heavy atom. The number of esters is 1. The van der Waals surface area contributed by atoms with E-state index in [1.54, 1.807) is 17.8 Å². The van der Waals surface area contributed by atoms with Crippen molar-refractivity contribution in [1.29, 1.82) is 0 Å². The first kappa shape index (κ1) is 13.3. The summed E-state index contributed by atoms with van der Waals surface area (Å²) in [6.07, 6.45) is 1.54. The van der Waals surface area contributed by atoms with Crippen LogP contribution in [0.4, 0.5) is 5.69 Å². The molecular weight excluding hydrogens is 244 g/mol. The number of fused-ring (bicyclic) bond motifs is 1. The number of ether oxygens (including phenoxy) is 1. The van der Waals surface area contributed by atoms with Gasteiger partial charge in [0.1, 0.15) is 5.56 Å². The molecule has 0 saturated carbocycles. The molecule has 0 atom stereocenters. The average molecular weight is 262 g/mol. The average Bonchev–Trinajstić information content (AvgIpc) is 2.66. The number of hydrogen-bond donors (Lipinski definition) is 1. The molecule has 102 valence electrons. The Morgan fingerprint density at radius 2 is 2.21 bits per heavy atom. The smallest absolute Gasteiger partial charge is 0.341 e. The summed E-state index contributed by atoms with van der Waals surface area (Å²) in [6, 6.07) is 0. The molecule has 0 amide bonds. The molecule has 6 heteroatoms. The first-order valence-corrected chi connectivity index (χ1v) is 6.33. The molecule has 0 aliphatic heterocycles. The van der Waals surface area contributed by atoms with E-state index < -0.39 is 0 Å². The highest BCUT2D eigenvalue weighted by Crippen LogP contribution is 2.28. The summed E-state index contributed by atoms with van der Waals surface area (Å²) in [4.78, 5) is 16.3. The van der Waals surface area contributed by atoms with Gasteiger partial charge in [-0.25, -0.2) is 9.78 Å². The van der Waals surface area contributed by atoms with E-state index in [1.165, 1.54) is 0 Å². The fourth-order valence-electron chi connectivity index (χ4n) is 2.14. The van der Waals surface area contributed by atoms with Gasteiger partial charge in [0.05, 0.1) is 23.4 Å². The SMILES string of the molecule is CCNc1c(C(=O)OCC)cnc2c1c(C)nn2C. The summed E-state index contributed by atoms with van der Waals surface area (Å²) < 4.78 is 6.77. The summed E-state index contributed by atoms with van der Waals surface area (Å²) in [5.41, 5.74) is 2.79. The molecule has 0 bridgehead atoms. The summed E-state index contributed by atoms with van der Waals surface area (Å²) in [5, 5.41) is 8.43. The molecule has 0 aliphatic rings. The van der Waals surface area contributed by atoms with Crippen molar-refractivity contribution in [3.8, 4) is 0 Å². The van der Waals surface area contributed by atoms with Gasteiger partial charge in [-0.1, -0.05) is 0 Å². The molecule has 2 aromatic rings. The van der Waals surface area contributed by atoms with Crippen LogP contribution in [0.5, 0.6) is 0 Å². The highest BCUT2D eigenvalue weighted by atomic mass is 16.5. The Hall–Kier alpha value is -2.11. The maximum Gasteiger partial charge on any atom is 0.341 e. The van der Waals surface area contributed by atoms with Crippen molar-refractivity contribution in [2.75, 3.05) is 18.5 Å². The Labute approximate surface area is 111 Å². The lowest BCUT2D eigenvalue weighted by molar-refractivity contribution is 0.0527. The van der Waals surface area contributed by atoms with Crippen molar-refractivity contribution >= 4 is 22.7 Å². The van der Waals surface area contributed by atoms with Crippen LogP contribution in [-0.2, 0) is 11.8 Å². The summed E-state index contributed by atoms with van der Waals surface area (Å²) in [7, 11) is 1.84. The standard InChI is InChI=1S/C13H18N4O2/c1-5-14-11-9(13(18)19-6-2)7-15-12-10(11)8(3)16-17(12)4/h7H,5-6H2,1-4H3,(H,14,15). The molecule has 0 fully saturated rings. The van der Waals surface area contributed by atoms with Crippen LogP contribution in [0.25, 0.3) is 11.0 Å². The van der Waals surface area contributed by atoms with Crippen molar-refractivity contribution in [1.82, 2.24) is 14.8 Å². The number of carbonyl (C=O) groups is 1. The molecule has 0 unspecified atom stereocenters. The lowest BCUT2D eigenvalue weighted by Gasteiger charge is -2.11. The van der Waals surface area contributed by atoms with E-state index in [0.717, 1.165) is 22.4 Å². The molecule has 0 spiro atoms. The van der Waals surface area contributed by atoms with Crippen molar-refractivity contribution in [2.45, 2.75) is 20.8 Å². The van der Waals surface area contributed by atoms with E-state index in [0.29, 0.717) is 18.7 Å². The van der Waals surface area contributed by atoms with Gasteiger partial charge < -0.3 is 10.1 Å². The molecule has 0 aliphatic carbocycles. The topological polar surface area (TPSA) is 69.0 Å². The highest BCUT2D eigenvalue weighted by Gasteiger charge is 2.19. The Bertz CT molecular complexity index is 619. The Balaban J connectivity index is 2.68. The van der Waals surface area contributed by atoms with E-state index in [9.17, 15) is 4.79 Å². The molecular formula is C13H18N4O2. The van der Waals surface area contributed by atoms with Gasteiger partial charge in [0.25, 0.3) is 0 Å². The van der Waals surface area contributed by atoms with Crippen LogP contribution in [0.1, 0.15) is 29.9 Å². The van der Waals surface area contributed by atoms with E-state index in [1.807, 2.05) is 20.9 Å². The minimum Gasteiger partial charge on any atom is -0.462 e. The van der Waals surface area contributed by atoms with Crippen LogP contribution in [0.3, 0.4) is 0 Å². The third kappa shape index (κ3) is 2.25. The summed E-state index contributed by atoms with van der Waals surface area (Å²) >= 11 is 0. The number of aromatic nitrogens is 3. The van der Waals surface area contributed by atoms with Gasteiger partial charge in [-0.05, 0) is 20.8 Å². The highest BCUT2D eigenvalue weighted by molar-refractivity contribution is 6.05. The lowest BCUT2D eigenvalue weighted by Crippen LogP contribution is -2.11. The number of nitrogens with zero attached hydrogens (tertiary/aromatic N) is 3. The van der Waals surface area contributed by atoms with Crippen molar-refractivity contribution < 1.29 is 9.53 Å². The number of anilines is 1. The largest absolute Gasteiger partial charge is 0.462 e. The molecule has 2 aromatic heterocycles. The third-order valence-electron chi connectivity index (χ3n) is 2.88. The molecule has 0 aromatic carbocycles. The fourth-order valence-corrected chi connectivity index (χ4v) is 2.14. The van der Waals surface area contributed by atoms with Gasteiger partial charge >= 0.3 is 5.97 Å². The molecule has 0 radical (unpaired) electrons. The van der Waals surface area contributed by atoms with Gasteiger partial charge in [0.15, 0.2) is 5.65 Å². The quantitative estimate of drug-likeness (QED) is 0.852. The molecule has 2 rings (SSSR count). The molecule has 6 nitrogen and oxygen atoms in total. The van der Waals surface area contributed by atoms with Crippen molar-refractivity contribution in [3.63, 3.8) is 0 Å². The second-order valence-electron chi connectivity index (χ2n) is 4.21. The van der Waals surface area contributed by atoms with Crippen LogP contribution >= 0.6 is 0 Å². The second kappa shape index (κ2) is 5.26. The molecule has 0 saturated heterocycles. The number of pyridine rings is 1. The van der Waals surface area contributed by atoms with Crippen LogP contribution < -0.4 is 5.32 Å². The van der Waals surface area contributed by atoms with E-state index in [-0.39, 0.29) is 5.97 Å². The number of aryl methyl sites for hydroxylation is 2. The summed E-state index contributed by atoms with van der Waals surface area (Å²) in [6.45, 7) is 6.72.